The van der Waals surface area contributed by atoms with Crippen LogP contribution < -0.4 is 4.74 Å². The number of aliphatic hydroxyl groups is 4. The number of hydrogen-bond acceptors (Lipinski definition) is 7. The number of carbonyl (C=O) groups is 1. The van der Waals surface area contributed by atoms with Crippen molar-refractivity contribution in [2.24, 2.45) is 5.41 Å². The molecule has 0 radical (unpaired) electrons. The predicted octanol–water partition coefficient (Wildman–Crippen LogP) is 7.70. The number of allylic oxidation sites excluding steroid dienone is 2. The van der Waals surface area contributed by atoms with Crippen LogP contribution in [0.2, 0.25) is 5.02 Å². The fraction of sp³-hybridized carbons (Fsp3) is 0.488. The zero-order valence-electron chi connectivity index (χ0n) is 30.0. The van der Waals surface area contributed by atoms with Gasteiger partial charge in [-0.3, -0.25) is 9.69 Å². The Hall–Kier alpha value is -3.32. The number of alkyl halides is 3. The second kappa shape index (κ2) is 17.0. The Bertz CT molecular complexity index is 1750. The van der Waals surface area contributed by atoms with Gasteiger partial charge < -0.3 is 25.2 Å². The molecule has 53 heavy (non-hydrogen) atoms. The Morgan fingerprint density at radius 1 is 1.09 bits per heavy atom. The summed E-state index contributed by atoms with van der Waals surface area (Å²) in [5, 5.41) is 44.1. The molecule has 4 N–H and O–H groups in total. The van der Waals surface area contributed by atoms with Gasteiger partial charge in [-0.25, -0.2) is 4.39 Å². The fourth-order valence-electron chi connectivity index (χ4n) is 8.16. The standard InChI is InChI=1S/C41H48ClF4NO6/c1-26-5-4-17-39(2)35(16-18-40(39,52)25-47(23-30(50)24-48)22-27-9-13-31(14-10-27)53-41(44,45)46)32-15-11-28(19-29(49)12-8-26)20-33(32)38(51)21-34-36(42)6-3-7-37(34)43/h3,5-7,9-11,13-15,20,29-30,35,48-50,52H,4,8,12,16-19,21-25H2,1-2H3. The Labute approximate surface area is 312 Å². The number of hydrogen-bond donors (Lipinski definition) is 4. The lowest BCUT2D eigenvalue weighted by Gasteiger charge is -2.46. The highest BCUT2D eigenvalue weighted by molar-refractivity contribution is 6.31. The molecule has 12 heteroatoms. The van der Waals surface area contributed by atoms with Crippen LogP contribution in [0.4, 0.5) is 17.6 Å². The SMILES string of the molecule is CC1=CCCC2(C)C(CCC2(O)CN(Cc2ccc(OC(F)(F)F)cc2)CC(O)CO)c2ccc(cc2C(=O)Cc2c(F)cccc2Cl)CC(O)CC1. The Kier molecular flexibility index (Phi) is 13.1. The van der Waals surface area contributed by atoms with Gasteiger partial charge in [0.25, 0.3) is 0 Å². The van der Waals surface area contributed by atoms with Crippen LogP contribution in [0.5, 0.6) is 5.75 Å². The van der Waals surface area contributed by atoms with Gasteiger partial charge in [0.2, 0.25) is 0 Å². The lowest BCUT2D eigenvalue weighted by atomic mass is 9.64. The van der Waals surface area contributed by atoms with Crippen molar-refractivity contribution >= 4 is 17.4 Å². The molecule has 3 aliphatic carbocycles. The molecule has 7 nitrogen and oxygen atoms in total. The van der Waals surface area contributed by atoms with E-state index in [0.29, 0.717) is 61.6 Å². The van der Waals surface area contributed by atoms with Gasteiger partial charge in [0, 0.05) is 47.6 Å². The molecule has 3 aromatic carbocycles. The van der Waals surface area contributed by atoms with Gasteiger partial charge >= 0.3 is 6.36 Å². The van der Waals surface area contributed by atoms with E-state index in [4.69, 9.17) is 11.6 Å². The van der Waals surface area contributed by atoms with Crippen molar-refractivity contribution < 1.29 is 47.5 Å². The molecule has 0 aromatic heterocycles. The molecule has 5 atom stereocenters. The Morgan fingerprint density at radius 2 is 1.83 bits per heavy atom. The Balaban J connectivity index is 1.53. The number of aliphatic hydroxyl groups excluding tert-OH is 3. The minimum atomic E-state index is -4.84. The summed E-state index contributed by atoms with van der Waals surface area (Å²) in [6, 6.07) is 15.2. The molecule has 1 saturated carbocycles. The van der Waals surface area contributed by atoms with E-state index in [9.17, 15) is 42.8 Å². The predicted molar refractivity (Wildman–Crippen MR) is 194 cm³/mol. The van der Waals surface area contributed by atoms with E-state index in [-0.39, 0.29) is 54.1 Å². The van der Waals surface area contributed by atoms with Gasteiger partial charge in [0.05, 0.1) is 24.4 Å². The average molecular weight is 762 g/mol. The third-order valence-electron chi connectivity index (χ3n) is 11.1. The number of Topliss-reactive ketones (excluding diaryl/α,β-unsaturated/α-hetero) is 1. The maximum atomic E-state index is 14.9. The van der Waals surface area contributed by atoms with E-state index < -0.39 is 42.0 Å². The van der Waals surface area contributed by atoms with Crippen molar-refractivity contribution in [2.45, 2.75) is 102 Å². The second-order valence-electron chi connectivity index (χ2n) is 14.9. The number of nitrogens with zero attached hydrogens (tertiary/aromatic N) is 1. The molecular formula is C41H48ClF4NO6. The van der Waals surface area contributed by atoms with Crippen LogP contribution >= 0.6 is 11.6 Å². The molecule has 288 valence electrons. The van der Waals surface area contributed by atoms with Gasteiger partial charge in [-0.1, -0.05) is 60.5 Å². The van der Waals surface area contributed by atoms with Crippen LogP contribution in [0.1, 0.15) is 90.9 Å². The Morgan fingerprint density at radius 3 is 2.51 bits per heavy atom. The lowest BCUT2D eigenvalue weighted by Crippen LogP contribution is -2.53. The van der Waals surface area contributed by atoms with E-state index in [1.54, 1.807) is 11.0 Å². The molecule has 1 fully saturated rings. The molecule has 5 unspecified atom stereocenters. The van der Waals surface area contributed by atoms with Crippen molar-refractivity contribution in [3.8, 4) is 5.75 Å². The first-order chi connectivity index (χ1) is 25.0. The highest BCUT2D eigenvalue weighted by atomic mass is 35.5. The molecule has 0 aliphatic heterocycles. The van der Waals surface area contributed by atoms with E-state index >= 15 is 0 Å². The summed E-state index contributed by atoms with van der Waals surface area (Å²) < 4.78 is 57.3. The highest BCUT2D eigenvalue weighted by Crippen LogP contribution is 2.59. The number of ketones is 1. The normalized spacial score (nSPS) is 24.4. The molecule has 0 heterocycles. The van der Waals surface area contributed by atoms with Gasteiger partial charge in [0.1, 0.15) is 11.6 Å². The van der Waals surface area contributed by atoms with E-state index in [1.165, 1.54) is 42.5 Å². The zero-order valence-corrected chi connectivity index (χ0v) is 30.8. The first kappa shape index (κ1) is 40.9. The summed E-state index contributed by atoms with van der Waals surface area (Å²) >= 11 is 6.34. The average Bonchev–Trinajstić information content (AvgIpc) is 3.34. The highest BCUT2D eigenvalue weighted by Gasteiger charge is 2.57. The molecular weight excluding hydrogens is 714 g/mol. The van der Waals surface area contributed by atoms with Crippen LogP contribution in [0.15, 0.2) is 72.3 Å². The van der Waals surface area contributed by atoms with E-state index in [0.717, 1.165) is 11.1 Å². The molecule has 3 aliphatic rings. The summed E-state index contributed by atoms with van der Waals surface area (Å²) in [5.41, 5.74) is 1.43. The van der Waals surface area contributed by atoms with Gasteiger partial charge in [-0.2, -0.15) is 0 Å². The van der Waals surface area contributed by atoms with Crippen LogP contribution in [0.25, 0.3) is 0 Å². The lowest BCUT2D eigenvalue weighted by molar-refractivity contribution is -0.274. The molecule has 3 aromatic rings. The summed E-state index contributed by atoms with van der Waals surface area (Å²) in [4.78, 5) is 16.0. The van der Waals surface area contributed by atoms with Crippen molar-refractivity contribution in [1.82, 2.24) is 4.90 Å². The largest absolute Gasteiger partial charge is 0.573 e. The molecule has 6 rings (SSSR count). The zero-order chi connectivity index (χ0) is 38.6. The number of fused-ring (bicyclic) bond motifs is 8. The summed E-state index contributed by atoms with van der Waals surface area (Å²) in [7, 11) is 0. The number of rotatable bonds is 11. The fourth-order valence-corrected chi connectivity index (χ4v) is 8.39. The van der Waals surface area contributed by atoms with Crippen LogP contribution in [-0.2, 0) is 19.4 Å². The number of benzene rings is 3. The maximum Gasteiger partial charge on any atom is 0.573 e. The van der Waals surface area contributed by atoms with Gasteiger partial charge in [0.15, 0.2) is 5.78 Å². The topological polar surface area (TPSA) is 110 Å². The first-order valence-corrected chi connectivity index (χ1v) is 18.4. The number of ether oxygens (including phenoxy) is 1. The first-order valence-electron chi connectivity index (χ1n) is 18.0. The third-order valence-corrected chi connectivity index (χ3v) is 11.5. The molecule has 0 spiro atoms. The monoisotopic (exact) mass is 761 g/mol. The smallest absolute Gasteiger partial charge is 0.406 e. The number of halogens is 5. The van der Waals surface area contributed by atoms with E-state index in [1.807, 2.05) is 26.0 Å². The summed E-state index contributed by atoms with van der Waals surface area (Å²) in [6.07, 6.45) is -1.33. The van der Waals surface area contributed by atoms with Crippen LogP contribution in [0.3, 0.4) is 0 Å². The summed E-state index contributed by atoms with van der Waals surface area (Å²) in [5.74, 6) is -1.63. The quantitative estimate of drug-likeness (QED) is 0.0901. The molecule has 2 bridgehead atoms. The summed E-state index contributed by atoms with van der Waals surface area (Å²) in [6.45, 7) is 3.66. The van der Waals surface area contributed by atoms with Gasteiger partial charge in [-0.15, -0.1) is 13.2 Å². The number of carbonyl (C=O) groups excluding carboxylic acids is 1. The van der Waals surface area contributed by atoms with Crippen molar-refractivity contribution in [2.75, 3.05) is 19.7 Å². The molecule has 0 amide bonds. The minimum Gasteiger partial charge on any atom is -0.406 e. The van der Waals surface area contributed by atoms with Crippen molar-refractivity contribution in [1.29, 1.82) is 0 Å². The van der Waals surface area contributed by atoms with Crippen molar-refractivity contribution in [3.05, 3.63) is 111 Å². The maximum absolute atomic E-state index is 14.9. The van der Waals surface area contributed by atoms with Crippen LogP contribution in [0, 0.1) is 11.2 Å². The minimum absolute atomic E-state index is 0.0243. The third kappa shape index (κ3) is 10.1. The van der Waals surface area contributed by atoms with E-state index in [2.05, 4.69) is 10.8 Å². The second-order valence-corrected chi connectivity index (χ2v) is 15.4. The molecule has 0 saturated heterocycles. The van der Waals surface area contributed by atoms with Gasteiger partial charge in [-0.05, 0) is 105 Å². The van der Waals surface area contributed by atoms with Crippen LogP contribution in [-0.4, -0.2) is 75.0 Å². The van der Waals surface area contributed by atoms with Crippen molar-refractivity contribution in [3.63, 3.8) is 0 Å².